The van der Waals surface area contributed by atoms with E-state index in [0.29, 0.717) is 19.3 Å². The average molecular weight is 907 g/mol. The van der Waals surface area contributed by atoms with Crippen molar-refractivity contribution < 1.29 is 28.6 Å². The fourth-order valence-electron chi connectivity index (χ4n) is 7.58. The molecule has 0 radical (unpaired) electrons. The summed E-state index contributed by atoms with van der Waals surface area (Å²) in [6, 6.07) is 0. The van der Waals surface area contributed by atoms with Gasteiger partial charge < -0.3 is 14.2 Å². The van der Waals surface area contributed by atoms with Crippen LogP contribution >= 0.6 is 0 Å². The van der Waals surface area contributed by atoms with Crippen molar-refractivity contribution >= 4 is 17.9 Å². The van der Waals surface area contributed by atoms with Gasteiger partial charge in [0.25, 0.3) is 0 Å². The van der Waals surface area contributed by atoms with E-state index in [1.165, 1.54) is 116 Å². The molecule has 1 unspecified atom stereocenters. The Labute approximate surface area is 402 Å². The average Bonchev–Trinajstić information content (AvgIpc) is 3.30. The predicted molar refractivity (Wildman–Crippen MR) is 279 cm³/mol. The molecular formula is C59H102O6. The van der Waals surface area contributed by atoms with Gasteiger partial charge in [-0.1, -0.05) is 229 Å². The molecule has 65 heavy (non-hydrogen) atoms. The van der Waals surface area contributed by atoms with Crippen LogP contribution in [0, 0.1) is 0 Å². The molecule has 0 rings (SSSR count). The van der Waals surface area contributed by atoms with Gasteiger partial charge in [0.2, 0.25) is 0 Å². The number of unbranched alkanes of at least 4 members (excludes halogenated alkanes) is 26. The molecule has 0 aromatic rings. The topological polar surface area (TPSA) is 78.9 Å². The van der Waals surface area contributed by atoms with E-state index >= 15 is 0 Å². The number of hydrogen-bond acceptors (Lipinski definition) is 6. The van der Waals surface area contributed by atoms with E-state index in [1.54, 1.807) is 0 Å². The molecule has 0 aliphatic carbocycles. The molecule has 6 nitrogen and oxygen atoms in total. The van der Waals surface area contributed by atoms with Gasteiger partial charge in [-0.2, -0.15) is 0 Å². The highest BCUT2D eigenvalue weighted by Gasteiger charge is 2.19. The zero-order chi connectivity index (χ0) is 47.2. The summed E-state index contributed by atoms with van der Waals surface area (Å²) in [7, 11) is 0. The van der Waals surface area contributed by atoms with E-state index in [1.807, 2.05) is 0 Å². The minimum Gasteiger partial charge on any atom is -0.462 e. The normalized spacial score (nSPS) is 12.6. The molecule has 0 aliphatic heterocycles. The Bertz CT molecular complexity index is 1230. The van der Waals surface area contributed by atoms with Crippen LogP contribution in [0.4, 0.5) is 0 Å². The molecule has 0 spiro atoms. The number of ether oxygens (including phenoxy) is 3. The summed E-state index contributed by atoms with van der Waals surface area (Å²) in [6.45, 7) is 6.48. The molecule has 0 saturated carbocycles. The summed E-state index contributed by atoms with van der Waals surface area (Å²) in [5.74, 6) is -0.891. The molecule has 374 valence electrons. The van der Waals surface area contributed by atoms with Crippen molar-refractivity contribution in [1.29, 1.82) is 0 Å². The quantitative estimate of drug-likeness (QED) is 0.0262. The lowest BCUT2D eigenvalue weighted by Crippen LogP contribution is -2.30. The lowest BCUT2D eigenvalue weighted by atomic mass is 10.1. The third-order valence-electron chi connectivity index (χ3n) is 11.7. The van der Waals surface area contributed by atoms with Crippen molar-refractivity contribution in [2.24, 2.45) is 0 Å². The maximum Gasteiger partial charge on any atom is 0.306 e. The summed E-state index contributed by atoms with van der Waals surface area (Å²) in [5.41, 5.74) is 0. The van der Waals surface area contributed by atoms with E-state index in [2.05, 4.69) is 93.7 Å². The first-order valence-electron chi connectivity index (χ1n) is 27.4. The van der Waals surface area contributed by atoms with Crippen LogP contribution in [0.15, 0.2) is 72.9 Å². The second-order valence-corrected chi connectivity index (χ2v) is 18.1. The first-order chi connectivity index (χ1) is 32.0. The molecule has 1 atom stereocenters. The van der Waals surface area contributed by atoms with Crippen molar-refractivity contribution in [3.63, 3.8) is 0 Å². The van der Waals surface area contributed by atoms with Crippen molar-refractivity contribution in [3.05, 3.63) is 72.9 Å². The Hall–Kier alpha value is -3.15. The fourth-order valence-corrected chi connectivity index (χ4v) is 7.58. The van der Waals surface area contributed by atoms with Gasteiger partial charge in [-0.25, -0.2) is 0 Å². The molecule has 0 bridgehead atoms. The largest absolute Gasteiger partial charge is 0.462 e. The molecule has 0 saturated heterocycles. The molecule has 0 N–H and O–H groups in total. The van der Waals surface area contributed by atoms with Crippen LogP contribution in [0.1, 0.15) is 265 Å². The fraction of sp³-hybridized carbons (Fsp3) is 0.746. The Morgan fingerprint density at radius 3 is 0.985 bits per heavy atom. The predicted octanol–water partition coefficient (Wildman–Crippen LogP) is 18.2. The SMILES string of the molecule is CC/C=C\C/C=C\C/C=C\C/C=C\C/C=C\CCCCCCCCCCCC(=O)OCC(COC(=O)CCCCCCCCCCCC)OC(=O)CCCCCCC/C=C\CCCCC. The van der Waals surface area contributed by atoms with Crippen molar-refractivity contribution in [3.8, 4) is 0 Å². The highest BCUT2D eigenvalue weighted by molar-refractivity contribution is 5.71. The number of hydrogen-bond donors (Lipinski definition) is 0. The zero-order valence-electron chi connectivity index (χ0n) is 42.7. The van der Waals surface area contributed by atoms with Crippen LogP contribution in [0.5, 0.6) is 0 Å². The third kappa shape index (κ3) is 51.7. The summed E-state index contributed by atoms with van der Waals surface area (Å²) < 4.78 is 16.8. The molecule has 0 aromatic carbocycles. The van der Waals surface area contributed by atoms with Crippen LogP contribution in [-0.2, 0) is 28.6 Å². The van der Waals surface area contributed by atoms with Gasteiger partial charge in [0, 0.05) is 19.3 Å². The van der Waals surface area contributed by atoms with E-state index in [9.17, 15) is 14.4 Å². The van der Waals surface area contributed by atoms with Gasteiger partial charge in [0.1, 0.15) is 13.2 Å². The number of allylic oxidation sites excluding steroid dienone is 12. The van der Waals surface area contributed by atoms with E-state index in [4.69, 9.17) is 14.2 Å². The Balaban J connectivity index is 4.24. The first kappa shape index (κ1) is 61.9. The maximum absolute atomic E-state index is 12.8. The monoisotopic (exact) mass is 907 g/mol. The van der Waals surface area contributed by atoms with Crippen molar-refractivity contribution in [2.45, 2.75) is 271 Å². The molecule has 0 aromatic heterocycles. The Morgan fingerprint density at radius 1 is 0.323 bits per heavy atom. The number of rotatable bonds is 49. The van der Waals surface area contributed by atoms with Crippen LogP contribution in [-0.4, -0.2) is 37.2 Å². The van der Waals surface area contributed by atoms with E-state index < -0.39 is 6.10 Å². The minimum absolute atomic E-state index is 0.0784. The van der Waals surface area contributed by atoms with Gasteiger partial charge >= 0.3 is 17.9 Å². The number of esters is 3. The molecular weight excluding hydrogens is 805 g/mol. The summed E-state index contributed by atoms with van der Waals surface area (Å²) >= 11 is 0. The Morgan fingerprint density at radius 2 is 0.600 bits per heavy atom. The van der Waals surface area contributed by atoms with Gasteiger partial charge in [-0.15, -0.1) is 0 Å². The lowest BCUT2D eigenvalue weighted by molar-refractivity contribution is -0.167. The first-order valence-corrected chi connectivity index (χ1v) is 27.4. The second kappa shape index (κ2) is 53.5. The smallest absolute Gasteiger partial charge is 0.306 e. The van der Waals surface area contributed by atoms with Crippen molar-refractivity contribution in [1.82, 2.24) is 0 Å². The number of carbonyl (C=O) groups excluding carboxylic acids is 3. The lowest BCUT2D eigenvalue weighted by Gasteiger charge is -2.18. The molecule has 6 heteroatoms. The van der Waals surface area contributed by atoms with Crippen LogP contribution in [0.25, 0.3) is 0 Å². The molecule has 0 aliphatic rings. The number of carbonyl (C=O) groups is 3. The minimum atomic E-state index is -0.778. The maximum atomic E-state index is 12.8. The molecule has 0 fully saturated rings. The highest BCUT2D eigenvalue weighted by atomic mass is 16.6. The van der Waals surface area contributed by atoms with Gasteiger partial charge in [0.15, 0.2) is 6.10 Å². The van der Waals surface area contributed by atoms with Gasteiger partial charge in [-0.05, 0) is 89.9 Å². The van der Waals surface area contributed by atoms with Gasteiger partial charge in [-0.3, -0.25) is 14.4 Å². The summed E-state index contributed by atoms with van der Waals surface area (Å²) in [5, 5.41) is 0. The van der Waals surface area contributed by atoms with Crippen LogP contribution in [0.2, 0.25) is 0 Å². The molecule has 0 heterocycles. The standard InChI is InChI=1S/C59H102O6/c1-4-7-10-13-16-19-22-24-25-26-27-28-29-30-31-32-33-34-35-36-38-40-43-46-49-52-58(61)64-55-56(54-63-57(60)51-48-45-42-39-21-18-15-12-9-6-3)65-59(62)53-50-47-44-41-37-23-20-17-14-11-8-5-2/h7,10,16-17,19-20,24-25,27-28,30-31,56H,4-6,8-9,11-15,18,21-23,26,29,32-55H2,1-3H3/b10-7-,19-16-,20-17-,25-24-,28-27-,31-30-. The van der Waals surface area contributed by atoms with Crippen LogP contribution < -0.4 is 0 Å². The second-order valence-electron chi connectivity index (χ2n) is 18.1. The summed E-state index contributed by atoms with van der Waals surface area (Å²) in [4.78, 5) is 37.9. The van der Waals surface area contributed by atoms with E-state index in [-0.39, 0.29) is 31.1 Å². The van der Waals surface area contributed by atoms with Gasteiger partial charge in [0.05, 0.1) is 0 Å². The zero-order valence-corrected chi connectivity index (χ0v) is 42.7. The summed E-state index contributed by atoms with van der Waals surface area (Å²) in [6.07, 6.45) is 67.5. The highest BCUT2D eigenvalue weighted by Crippen LogP contribution is 2.15. The van der Waals surface area contributed by atoms with Crippen LogP contribution in [0.3, 0.4) is 0 Å². The van der Waals surface area contributed by atoms with Crippen molar-refractivity contribution in [2.75, 3.05) is 13.2 Å². The third-order valence-corrected chi connectivity index (χ3v) is 11.7. The molecule has 0 amide bonds. The Kier molecular flexibility index (Phi) is 50.9. The van der Waals surface area contributed by atoms with E-state index in [0.717, 1.165) is 109 Å².